The van der Waals surface area contributed by atoms with Gasteiger partial charge in [-0.2, -0.15) is 5.10 Å². The molecule has 1 aromatic heterocycles. The van der Waals surface area contributed by atoms with Crippen LogP contribution in [0.5, 0.6) is 0 Å². The third-order valence-corrected chi connectivity index (χ3v) is 4.94. The van der Waals surface area contributed by atoms with Crippen molar-refractivity contribution in [1.82, 2.24) is 9.78 Å². The summed E-state index contributed by atoms with van der Waals surface area (Å²) in [5.74, 6) is 0.789. The molecular formula is C16H19BrCl2N2. The van der Waals surface area contributed by atoms with E-state index in [2.05, 4.69) is 47.0 Å². The molecule has 0 saturated heterocycles. The van der Waals surface area contributed by atoms with Crippen molar-refractivity contribution < 1.29 is 0 Å². The van der Waals surface area contributed by atoms with E-state index in [0.29, 0.717) is 5.88 Å². The first kappa shape index (κ1) is 16.9. The van der Waals surface area contributed by atoms with E-state index in [1.54, 1.807) is 0 Å². The summed E-state index contributed by atoms with van der Waals surface area (Å²) in [7, 11) is 0. The maximum absolute atomic E-state index is 6.49. The average Bonchev–Trinajstić information content (AvgIpc) is 2.80. The van der Waals surface area contributed by atoms with Gasteiger partial charge in [-0.05, 0) is 37.5 Å². The van der Waals surface area contributed by atoms with Gasteiger partial charge >= 0.3 is 0 Å². The topological polar surface area (TPSA) is 17.8 Å². The Morgan fingerprint density at radius 2 is 2.10 bits per heavy atom. The van der Waals surface area contributed by atoms with Crippen molar-refractivity contribution in [2.45, 2.75) is 39.2 Å². The van der Waals surface area contributed by atoms with Crippen LogP contribution in [-0.2, 0) is 19.4 Å². The van der Waals surface area contributed by atoms with E-state index in [4.69, 9.17) is 23.2 Å². The minimum atomic E-state index is 0.230. The minimum absolute atomic E-state index is 0.230. The second-order valence-electron chi connectivity index (χ2n) is 4.99. The number of benzene rings is 1. The summed E-state index contributed by atoms with van der Waals surface area (Å²) < 4.78 is 3.07. The zero-order chi connectivity index (χ0) is 15.4. The fraction of sp³-hybridized carbons (Fsp3) is 0.438. The normalized spacial score (nSPS) is 12.6. The molecule has 5 heteroatoms. The van der Waals surface area contributed by atoms with Gasteiger partial charge in [0.15, 0.2) is 0 Å². The maximum Gasteiger partial charge on any atom is 0.0850 e. The molecule has 1 heterocycles. The molecule has 2 rings (SSSR count). The van der Waals surface area contributed by atoms with Gasteiger partial charge in [0.1, 0.15) is 0 Å². The molecule has 0 saturated carbocycles. The summed E-state index contributed by atoms with van der Waals surface area (Å²) in [6, 6.07) is 8.29. The lowest BCUT2D eigenvalue weighted by Gasteiger charge is -2.16. The van der Waals surface area contributed by atoms with Gasteiger partial charge < -0.3 is 0 Å². The monoisotopic (exact) mass is 388 g/mol. The van der Waals surface area contributed by atoms with Crippen LogP contribution < -0.4 is 0 Å². The van der Waals surface area contributed by atoms with Crippen LogP contribution in [0.1, 0.15) is 36.7 Å². The molecule has 0 aliphatic rings. The van der Waals surface area contributed by atoms with Gasteiger partial charge in [0.2, 0.25) is 0 Å². The third-order valence-electron chi connectivity index (χ3n) is 3.64. The lowest BCUT2D eigenvalue weighted by Crippen LogP contribution is -2.10. The van der Waals surface area contributed by atoms with E-state index >= 15 is 0 Å². The third kappa shape index (κ3) is 3.82. The van der Waals surface area contributed by atoms with Crippen LogP contribution in [-0.4, -0.2) is 15.7 Å². The Morgan fingerprint density at radius 1 is 1.33 bits per heavy atom. The van der Waals surface area contributed by atoms with Crippen molar-refractivity contribution in [3.8, 4) is 0 Å². The van der Waals surface area contributed by atoms with Gasteiger partial charge in [-0.3, -0.25) is 4.68 Å². The molecule has 1 atom stereocenters. The SMILES string of the molecule is CCc1nn(CC)c(CC(CCl)c2cccc(Br)c2)c1Cl. The van der Waals surface area contributed by atoms with E-state index in [0.717, 1.165) is 40.3 Å². The van der Waals surface area contributed by atoms with E-state index in [1.807, 2.05) is 16.8 Å². The minimum Gasteiger partial charge on any atom is -0.268 e. The number of alkyl halides is 1. The summed E-state index contributed by atoms with van der Waals surface area (Å²) in [5.41, 5.74) is 3.27. The molecule has 0 radical (unpaired) electrons. The number of aromatic nitrogens is 2. The zero-order valence-electron chi connectivity index (χ0n) is 12.2. The number of aryl methyl sites for hydroxylation is 2. The Kier molecular flexibility index (Phi) is 6.15. The highest BCUT2D eigenvalue weighted by Gasteiger charge is 2.19. The Labute approximate surface area is 144 Å². The molecule has 0 amide bonds. The number of nitrogens with zero attached hydrogens (tertiary/aromatic N) is 2. The van der Waals surface area contributed by atoms with Crippen molar-refractivity contribution in [3.63, 3.8) is 0 Å². The van der Waals surface area contributed by atoms with E-state index in [-0.39, 0.29) is 5.92 Å². The van der Waals surface area contributed by atoms with Gasteiger partial charge in [0.05, 0.1) is 16.4 Å². The van der Waals surface area contributed by atoms with E-state index < -0.39 is 0 Å². The first-order valence-corrected chi connectivity index (χ1v) is 8.86. The molecule has 0 aliphatic heterocycles. The molecule has 2 aromatic rings. The standard InChI is InChI=1S/C16H19BrCl2N2/c1-3-14-16(19)15(21(4-2)20-14)9-12(10-18)11-6-5-7-13(17)8-11/h5-8,12H,3-4,9-10H2,1-2H3. The van der Waals surface area contributed by atoms with Gasteiger partial charge in [-0.15, -0.1) is 11.6 Å². The van der Waals surface area contributed by atoms with Crippen LogP contribution in [0.4, 0.5) is 0 Å². The van der Waals surface area contributed by atoms with Gasteiger partial charge in [-0.25, -0.2) is 0 Å². The van der Waals surface area contributed by atoms with Crippen molar-refractivity contribution in [3.05, 3.63) is 50.7 Å². The second-order valence-corrected chi connectivity index (χ2v) is 6.59. The quantitative estimate of drug-likeness (QED) is 0.601. The Bertz CT molecular complexity index is 610. The van der Waals surface area contributed by atoms with Crippen LogP contribution in [0.15, 0.2) is 28.7 Å². The molecule has 0 aliphatic carbocycles. The molecule has 0 spiro atoms. The van der Waals surface area contributed by atoms with Crippen molar-refractivity contribution >= 4 is 39.1 Å². The molecule has 1 aromatic carbocycles. The van der Waals surface area contributed by atoms with Crippen LogP contribution >= 0.6 is 39.1 Å². The first-order chi connectivity index (χ1) is 10.1. The fourth-order valence-corrected chi connectivity index (χ4v) is 3.52. The van der Waals surface area contributed by atoms with Crippen molar-refractivity contribution in [1.29, 1.82) is 0 Å². The highest BCUT2D eigenvalue weighted by atomic mass is 79.9. The fourth-order valence-electron chi connectivity index (χ4n) is 2.47. The van der Waals surface area contributed by atoms with Crippen LogP contribution in [0, 0.1) is 0 Å². The summed E-state index contributed by atoms with van der Waals surface area (Å²) in [5, 5.41) is 5.37. The summed E-state index contributed by atoms with van der Waals surface area (Å²) in [6.07, 6.45) is 1.65. The Morgan fingerprint density at radius 3 is 2.67 bits per heavy atom. The van der Waals surface area contributed by atoms with Crippen LogP contribution in [0.25, 0.3) is 0 Å². The first-order valence-electron chi connectivity index (χ1n) is 7.16. The van der Waals surface area contributed by atoms with Gasteiger partial charge in [-0.1, -0.05) is 46.6 Å². The largest absolute Gasteiger partial charge is 0.268 e. The maximum atomic E-state index is 6.49. The number of halogens is 3. The van der Waals surface area contributed by atoms with Gasteiger partial charge in [0, 0.05) is 22.8 Å². The predicted octanol–water partition coefficient (Wildman–Crippen LogP) is 5.45. The smallest absolute Gasteiger partial charge is 0.0850 e. The average molecular weight is 390 g/mol. The molecule has 0 fully saturated rings. The highest BCUT2D eigenvalue weighted by molar-refractivity contribution is 9.10. The summed E-state index contributed by atoms with van der Waals surface area (Å²) in [4.78, 5) is 0. The lowest BCUT2D eigenvalue weighted by molar-refractivity contribution is 0.593. The van der Waals surface area contributed by atoms with Crippen molar-refractivity contribution in [2.24, 2.45) is 0 Å². The molecule has 1 unspecified atom stereocenters. The number of rotatable bonds is 6. The molecule has 21 heavy (non-hydrogen) atoms. The zero-order valence-corrected chi connectivity index (χ0v) is 15.3. The van der Waals surface area contributed by atoms with Crippen LogP contribution in [0.3, 0.4) is 0 Å². The van der Waals surface area contributed by atoms with Crippen LogP contribution in [0.2, 0.25) is 5.02 Å². The molecule has 0 bridgehead atoms. The number of hydrogen-bond acceptors (Lipinski definition) is 1. The van der Waals surface area contributed by atoms with E-state index in [1.165, 1.54) is 5.56 Å². The second kappa shape index (κ2) is 7.66. The Balaban J connectivity index is 2.32. The predicted molar refractivity (Wildman–Crippen MR) is 93.6 cm³/mol. The molecular weight excluding hydrogens is 371 g/mol. The van der Waals surface area contributed by atoms with Gasteiger partial charge in [0.25, 0.3) is 0 Å². The highest BCUT2D eigenvalue weighted by Crippen LogP contribution is 2.30. The molecule has 0 N–H and O–H groups in total. The van der Waals surface area contributed by atoms with Crippen molar-refractivity contribution in [2.75, 3.05) is 5.88 Å². The summed E-state index contributed by atoms with van der Waals surface area (Å²) >= 11 is 16.2. The Hall–Kier alpha value is -0.510. The molecule has 2 nitrogen and oxygen atoms in total. The summed E-state index contributed by atoms with van der Waals surface area (Å²) in [6.45, 7) is 4.98. The van der Waals surface area contributed by atoms with E-state index in [9.17, 15) is 0 Å². The molecule has 114 valence electrons. The lowest BCUT2D eigenvalue weighted by atomic mass is 9.96. The number of hydrogen-bond donors (Lipinski definition) is 0.